The number of carbonyl (C=O) groups excluding carboxylic acids is 1. The summed E-state index contributed by atoms with van der Waals surface area (Å²) < 4.78 is 13.1. The zero-order valence-electron chi connectivity index (χ0n) is 11.3. The third kappa shape index (κ3) is 4.03. The van der Waals surface area contributed by atoms with Crippen LogP contribution in [-0.4, -0.2) is 25.5 Å². The van der Waals surface area contributed by atoms with Crippen LogP contribution in [0.2, 0.25) is 0 Å². The van der Waals surface area contributed by atoms with E-state index in [9.17, 15) is 9.18 Å². The van der Waals surface area contributed by atoms with Crippen molar-refractivity contribution in [1.82, 2.24) is 10.6 Å². The maximum atomic E-state index is 13.1. The molecule has 1 heterocycles. The molecule has 1 aliphatic rings. The van der Waals surface area contributed by atoms with E-state index in [0.717, 1.165) is 37.9 Å². The van der Waals surface area contributed by atoms with Crippen LogP contribution in [0.25, 0.3) is 0 Å². The van der Waals surface area contributed by atoms with Gasteiger partial charge in [-0.1, -0.05) is 12.1 Å². The second-order valence-corrected chi connectivity index (χ2v) is 5.15. The van der Waals surface area contributed by atoms with E-state index in [0.29, 0.717) is 12.1 Å². The van der Waals surface area contributed by atoms with Crippen LogP contribution in [-0.2, 0) is 11.2 Å². The maximum Gasteiger partial charge on any atom is 0.223 e. The topological polar surface area (TPSA) is 41.1 Å². The van der Waals surface area contributed by atoms with Crippen molar-refractivity contribution in [3.63, 3.8) is 0 Å². The molecule has 0 aromatic heterocycles. The van der Waals surface area contributed by atoms with Gasteiger partial charge in [0.1, 0.15) is 5.82 Å². The molecule has 1 fully saturated rings. The fourth-order valence-corrected chi connectivity index (χ4v) is 2.42. The number of nitrogens with one attached hydrogen (secondary N) is 2. The molecular weight excluding hydrogens is 243 g/mol. The smallest absolute Gasteiger partial charge is 0.223 e. The van der Waals surface area contributed by atoms with Gasteiger partial charge in [0, 0.05) is 12.5 Å². The summed E-state index contributed by atoms with van der Waals surface area (Å²) in [5.74, 6) is 0.124. The van der Waals surface area contributed by atoms with E-state index in [1.807, 2.05) is 6.07 Å². The Morgan fingerprint density at radius 3 is 2.84 bits per heavy atom. The van der Waals surface area contributed by atoms with Crippen molar-refractivity contribution in [2.24, 2.45) is 5.92 Å². The average molecular weight is 264 g/mol. The lowest BCUT2D eigenvalue weighted by atomic mass is 9.97. The Bertz CT molecular complexity index is 442. The number of benzene rings is 1. The SMILES string of the molecule is Cc1cc(CCNC(=O)C2CCNCC2)ccc1F. The molecule has 0 atom stereocenters. The minimum absolute atomic E-state index is 0.149. The summed E-state index contributed by atoms with van der Waals surface area (Å²) in [5, 5.41) is 6.22. The van der Waals surface area contributed by atoms with Crippen molar-refractivity contribution in [2.45, 2.75) is 26.2 Å². The predicted molar refractivity (Wildman–Crippen MR) is 73.4 cm³/mol. The standard InChI is InChI=1S/C15H21FN2O/c1-11-10-12(2-3-14(11)16)4-9-18-15(19)13-5-7-17-8-6-13/h2-3,10,13,17H,4-9H2,1H3,(H,18,19). The quantitative estimate of drug-likeness (QED) is 0.870. The van der Waals surface area contributed by atoms with Crippen molar-refractivity contribution in [3.8, 4) is 0 Å². The lowest BCUT2D eigenvalue weighted by molar-refractivity contribution is -0.125. The lowest BCUT2D eigenvalue weighted by Crippen LogP contribution is -2.38. The number of halogens is 1. The van der Waals surface area contributed by atoms with E-state index in [1.165, 1.54) is 6.07 Å². The van der Waals surface area contributed by atoms with Crippen molar-refractivity contribution >= 4 is 5.91 Å². The predicted octanol–water partition coefficient (Wildman–Crippen LogP) is 1.79. The lowest BCUT2D eigenvalue weighted by Gasteiger charge is -2.21. The second-order valence-electron chi connectivity index (χ2n) is 5.15. The minimum atomic E-state index is -0.178. The largest absolute Gasteiger partial charge is 0.356 e. The molecule has 0 bridgehead atoms. The Kier molecular flexibility index (Phi) is 4.91. The van der Waals surface area contributed by atoms with E-state index in [2.05, 4.69) is 10.6 Å². The van der Waals surface area contributed by atoms with Gasteiger partial charge in [0.2, 0.25) is 5.91 Å². The van der Waals surface area contributed by atoms with Crippen LogP contribution in [0.5, 0.6) is 0 Å². The maximum absolute atomic E-state index is 13.1. The highest BCUT2D eigenvalue weighted by molar-refractivity contribution is 5.78. The number of hydrogen-bond donors (Lipinski definition) is 2. The van der Waals surface area contributed by atoms with Gasteiger partial charge >= 0.3 is 0 Å². The van der Waals surface area contributed by atoms with Gasteiger partial charge in [-0.2, -0.15) is 0 Å². The van der Waals surface area contributed by atoms with E-state index < -0.39 is 0 Å². The molecule has 1 aliphatic heterocycles. The van der Waals surface area contributed by atoms with Crippen LogP contribution >= 0.6 is 0 Å². The molecule has 3 nitrogen and oxygen atoms in total. The van der Waals surface area contributed by atoms with Crippen LogP contribution < -0.4 is 10.6 Å². The molecule has 0 spiro atoms. The average Bonchev–Trinajstić information content (AvgIpc) is 2.43. The number of rotatable bonds is 4. The van der Waals surface area contributed by atoms with Crippen LogP contribution in [0.1, 0.15) is 24.0 Å². The molecule has 1 saturated heterocycles. The first-order valence-corrected chi connectivity index (χ1v) is 6.90. The monoisotopic (exact) mass is 264 g/mol. The molecule has 0 saturated carbocycles. The number of aryl methyl sites for hydroxylation is 1. The van der Waals surface area contributed by atoms with Crippen LogP contribution in [0.15, 0.2) is 18.2 Å². The van der Waals surface area contributed by atoms with Crippen LogP contribution in [0.4, 0.5) is 4.39 Å². The van der Waals surface area contributed by atoms with E-state index in [4.69, 9.17) is 0 Å². The molecule has 0 unspecified atom stereocenters. The van der Waals surface area contributed by atoms with Gasteiger partial charge in [0.15, 0.2) is 0 Å². The summed E-state index contributed by atoms with van der Waals surface area (Å²) >= 11 is 0. The van der Waals surface area contributed by atoms with Crippen LogP contribution in [0.3, 0.4) is 0 Å². The fraction of sp³-hybridized carbons (Fsp3) is 0.533. The first kappa shape index (κ1) is 14.0. The third-order valence-corrected chi connectivity index (χ3v) is 3.65. The van der Waals surface area contributed by atoms with Crippen LogP contribution in [0, 0.1) is 18.7 Å². The van der Waals surface area contributed by atoms with Gasteiger partial charge in [-0.3, -0.25) is 4.79 Å². The molecular formula is C15H21FN2O. The molecule has 2 rings (SSSR count). The van der Waals surface area contributed by atoms with E-state index in [-0.39, 0.29) is 17.6 Å². The highest BCUT2D eigenvalue weighted by Crippen LogP contribution is 2.12. The normalized spacial score (nSPS) is 16.3. The summed E-state index contributed by atoms with van der Waals surface area (Å²) in [6.07, 6.45) is 2.58. The third-order valence-electron chi connectivity index (χ3n) is 3.65. The van der Waals surface area contributed by atoms with Gasteiger partial charge in [0.05, 0.1) is 0 Å². The Hall–Kier alpha value is -1.42. The highest BCUT2D eigenvalue weighted by atomic mass is 19.1. The van der Waals surface area contributed by atoms with Gasteiger partial charge < -0.3 is 10.6 Å². The second kappa shape index (κ2) is 6.66. The summed E-state index contributed by atoms with van der Waals surface area (Å²) in [7, 11) is 0. The van der Waals surface area contributed by atoms with Gasteiger partial charge in [-0.05, 0) is 56.5 Å². The number of hydrogen-bond acceptors (Lipinski definition) is 2. The first-order chi connectivity index (χ1) is 9.16. The van der Waals surface area contributed by atoms with Gasteiger partial charge in [-0.15, -0.1) is 0 Å². The van der Waals surface area contributed by atoms with Gasteiger partial charge in [0.25, 0.3) is 0 Å². The molecule has 1 aromatic carbocycles. The molecule has 1 aromatic rings. The zero-order valence-corrected chi connectivity index (χ0v) is 11.3. The molecule has 104 valence electrons. The molecule has 2 N–H and O–H groups in total. The van der Waals surface area contributed by atoms with Crippen molar-refractivity contribution in [3.05, 3.63) is 35.1 Å². The number of amides is 1. The summed E-state index contributed by atoms with van der Waals surface area (Å²) in [6, 6.07) is 5.10. The Balaban J connectivity index is 1.76. The molecule has 19 heavy (non-hydrogen) atoms. The van der Waals surface area contributed by atoms with Crippen molar-refractivity contribution in [2.75, 3.05) is 19.6 Å². The molecule has 1 amide bonds. The minimum Gasteiger partial charge on any atom is -0.356 e. The molecule has 4 heteroatoms. The van der Waals surface area contributed by atoms with E-state index >= 15 is 0 Å². The zero-order chi connectivity index (χ0) is 13.7. The number of piperidine rings is 1. The summed E-state index contributed by atoms with van der Waals surface area (Å²) in [6.45, 7) is 4.23. The fourth-order valence-electron chi connectivity index (χ4n) is 2.42. The molecule has 0 aliphatic carbocycles. The van der Waals surface area contributed by atoms with Crippen molar-refractivity contribution in [1.29, 1.82) is 0 Å². The number of carbonyl (C=O) groups is 1. The Labute approximate surface area is 113 Å². The van der Waals surface area contributed by atoms with Gasteiger partial charge in [-0.25, -0.2) is 4.39 Å². The molecule has 0 radical (unpaired) electrons. The summed E-state index contributed by atoms with van der Waals surface area (Å²) in [5.41, 5.74) is 1.71. The summed E-state index contributed by atoms with van der Waals surface area (Å²) in [4.78, 5) is 11.9. The first-order valence-electron chi connectivity index (χ1n) is 6.90. The highest BCUT2D eigenvalue weighted by Gasteiger charge is 2.20. The van der Waals surface area contributed by atoms with Crippen molar-refractivity contribution < 1.29 is 9.18 Å². The Morgan fingerprint density at radius 1 is 1.42 bits per heavy atom. The van der Waals surface area contributed by atoms with E-state index in [1.54, 1.807) is 13.0 Å². The Morgan fingerprint density at radius 2 is 2.16 bits per heavy atom.